The average molecular weight is 179 g/mol. The van der Waals surface area contributed by atoms with Gasteiger partial charge in [0.25, 0.3) is 0 Å². The first-order chi connectivity index (χ1) is 6.24. The van der Waals surface area contributed by atoms with Crippen molar-refractivity contribution in [1.29, 1.82) is 0 Å². The molecule has 0 saturated heterocycles. The summed E-state index contributed by atoms with van der Waals surface area (Å²) in [6.07, 6.45) is 0.902. The van der Waals surface area contributed by atoms with E-state index in [0.717, 1.165) is 29.0 Å². The Balaban J connectivity index is 3.27. The van der Waals surface area contributed by atoms with Gasteiger partial charge in [0.1, 0.15) is 0 Å². The van der Waals surface area contributed by atoms with Crippen molar-refractivity contribution in [3.63, 3.8) is 0 Å². The second kappa shape index (κ2) is 4.17. The van der Waals surface area contributed by atoms with Gasteiger partial charge in [-0.15, -0.1) is 0 Å². The van der Waals surface area contributed by atoms with Gasteiger partial charge in [-0.3, -0.25) is 0 Å². The third kappa shape index (κ3) is 1.77. The molecule has 0 heterocycles. The summed E-state index contributed by atoms with van der Waals surface area (Å²) in [5, 5.41) is 0. The summed E-state index contributed by atoms with van der Waals surface area (Å²) in [7, 11) is 3.29. The van der Waals surface area contributed by atoms with Crippen LogP contribution in [0, 0.1) is 6.92 Å². The third-order valence-corrected chi connectivity index (χ3v) is 2.10. The van der Waals surface area contributed by atoms with Gasteiger partial charge in [0, 0.05) is 5.56 Å². The van der Waals surface area contributed by atoms with Gasteiger partial charge in [0.2, 0.25) is 0 Å². The van der Waals surface area contributed by atoms with E-state index in [2.05, 4.69) is 13.8 Å². The molecule has 0 saturated carbocycles. The lowest BCUT2D eigenvalue weighted by Gasteiger charge is -2.13. The summed E-state index contributed by atoms with van der Waals surface area (Å²) < 4.78 is 10.5. The fourth-order valence-electron chi connectivity index (χ4n) is 1.42. The van der Waals surface area contributed by atoms with E-state index < -0.39 is 0 Å². The van der Waals surface area contributed by atoms with Crippen LogP contribution in [0.3, 0.4) is 0 Å². The van der Waals surface area contributed by atoms with Crippen molar-refractivity contribution < 1.29 is 9.47 Å². The standard InChI is InChI=1S/C11H15O2/c1-5-9-8(2)6-7-10(12-3)11(9)13-4/h6-7H,2,5H2,1,3-4H3. The first-order valence-electron chi connectivity index (χ1n) is 4.30. The molecule has 1 aromatic carbocycles. The van der Waals surface area contributed by atoms with Gasteiger partial charge in [-0.2, -0.15) is 0 Å². The largest absolute Gasteiger partial charge is 0.493 e. The smallest absolute Gasteiger partial charge is 0.164 e. The van der Waals surface area contributed by atoms with Crippen molar-refractivity contribution in [2.24, 2.45) is 0 Å². The molecule has 0 atom stereocenters. The zero-order chi connectivity index (χ0) is 9.84. The Hall–Kier alpha value is -1.18. The van der Waals surface area contributed by atoms with Crippen LogP contribution >= 0.6 is 0 Å². The maximum Gasteiger partial charge on any atom is 0.164 e. The van der Waals surface area contributed by atoms with Crippen molar-refractivity contribution in [3.05, 3.63) is 30.2 Å². The minimum absolute atomic E-state index is 0.770. The van der Waals surface area contributed by atoms with Crippen LogP contribution in [0.25, 0.3) is 0 Å². The van der Waals surface area contributed by atoms with Crippen LogP contribution in [0.15, 0.2) is 12.1 Å². The molecule has 0 bridgehead atoms. The van der Waals surface area contributed by atoms with E-state index in [4.69, 9.17) is 9.47 Å². The summed E-state index contributed by atoms with van der Waals surface area (Å²) in [6, 6.07) is 3.82. The molecule has 0 spiro atoms. The third-order valence-electron chi connectivity index (χ3n) is 2.10. The van der Waals surface area contributed by atoms with Crippen molar-refractivity contribution >= 4 is 0 Å². The maximum absolute atomic E-state index is 5.27. The average Bonchev–Trinajstić information content (AvgIpc) is 2.17. The molecule has 0 aliphatic rings. The Morgan fingerprint density at radius 3 is 2.38 bits per heavy atom. The first kappa shape index (κ1) is 9.90. The summed E-state index contributed by atoms with van der Waals surface area (Å²) >= 11 is 0. The van der Waals surface area contributed by atoms with Crippen LogP contribution in [0.1, 0.15) is 18.1 Å². The van der Waals surface area contributed by atoms with Gasteiger partial charge < -0.3 is 9.47 Å². The van der Waals surface area contributed by atoms with E-state index >= 15 is 0 Å². The molecule has 1 rings (SSSR count). The fraction of sp³-hybridized carbons (Fsp3) is 0.364. The predicted molar refractivity (Wildman–Crippen MR) is 53.4 cm³/mol. The maximum atomic E-state index is 5.27. The molecule has 13 heavy (non-hydrogen) atoms. The molecule has 0 N–H and O–H groups in total. The van der Waals surface area contributed by atoms with Gasteiger partial charge in [0.15, 0.2) is 11.5 Å². The molecule has 2 nitrogen and oxygen atoms in total. The van der Waals surface area contributed by atoms with Gasteiger partial charge in [-0.05, 0) is 25.0 Å². The Labute approximate surface area is 79.5 Å². The molecular formula is C11H15O2. The van der Waals surface area contributed by atoms with Gasteiger partial charge >= 0.3 is 0 Å². The van der Waals surface area contributed by atoms with E-state index in [-0.39, 0.29) is 0 Å². The van der Waals surface area contributed by atoms with E-state index in [1.807, 2.05) is 12.1 Å². The van der Waals surface area contributed by atoms with Crippen molar-refractivity contribution in [2.75, 3.05) is 14.2 Å². The summed E-state index contributed by atoms with van der Waals surface area (Å²) in [4.78, 5) is 0. The lowest BCUT2D eigenvalue weighted by atomic mass is 10.0. The van der Waals surface area contributed by atoms with Crippen molar-refractivity contribution in [3.8, 4) is 11.5 Å². The Bertz CT molecular complexity index is 292. The number of hydrogen-bond donors (Lipinski definition) is 0. The lowest BCUT2D eigenvalue weighted by Crippen LogP contribution is -1.97. The molecule has 1 radical (unpaired) electrons. The highest BCUT2D eigenvalue weighted by atomic mass is 16.5. The van der Waals surface area contributed by atoms with E-state index in [1.165, 1.54) is 0 Å². The van der Waals surface area contributed by atoms with Crippen LogP contribution in [0.4, 0.5) is 0 Å². The van der Waals surface area contributed by atoms with E-state index in [0.29, 0.717) is 0 Å². The predicted octanol–water partition coefficient (Wildman–Crippen LogP) is 2.45. The highest BCUT2D eigenvalue weighted by Gasteiger charge is 2.10. The molecular weight excluding hydrogens is 164 g/mol. The molecule has 0 aliphatic heterocycles. The summed E-state index contributed by atoms with van der Waals surface area (Å²) in [5.74, 6) is 1.57. The van der Waals surface area contributed by atoms with Crippen LogP contribution in [0.2, 0.25) is 0 Å². The second-order valence-corrected chi connectivity index (χ2v) is 2.79. The highest BCUT2D eigenvalue weighted by Crippen LogP contribution is 2.33. The SMILES string of the molecule is [CH2]c1ccc(OC)c(OC)c1CC. The van der Waals surface area contributed by atoms with Crippen LogP contribution in [-0.2, 0) is 6.42 Å². The summed E-state index contributed by atoms with van der Waals surface area (Å²) in [5.41, 5.74) is 2.11. The minimum atomic E-state index is 0.770. The lowest BCUT2D eigenvalue weighted by molar-refractivity contribution is 0.352. The number of hydrogen-bond acceptors (Lipinski definition) is 2. The fourth-order valence-corrected chi connectivity index (χ4v) is 1.42. The molecule has 0 aliphatic carbocycles. The molecule has 1 aromatic rings. The van der Waals surface area contributed by atoms with Crippen molar-refractivity contribution in [2.45, 2.75) is 13.3 Å². The van der Waals surface area contributed by atoms with Gasteiger partial charge in [-0.25, -0.2) is 0 Å². The Morgan fingerprint density at radius 2 is 1.92 bits per heavy atom. The summed E-state index contributed by atoms with van der Waals surface area (Å²) in [6.45, 7) is 6.02. The number of methoxy groups -OCH3 is 2. The topological polar surface area (TPSA) is 18.5 Å². The van der Waals surface area contributed by atoms with Gasteiger partial charge in [0.05, 0.1) is 14.2 Å². The molecule has 0 unspecified atom stereocenters. The molecule has 71 valence electrons. The van der Waals surface area contributed by atoms with E-state index in [9.17, 15) is 0 Å². The first-order valence-corrected chi connectivity index (χ1v) is 4.30. The Kier molecular flexibility index (Phi) is 3.18. The molecule has 0 aromatic heterocycles. The van der Waals surface area contributed by atoms with Crippen LogP contribution in [0.5, 0.6) is 11.5 Å². The van der Waals surface area contributed by atoms with Crippen molar-refractivity contribution in [1.82, 2.24) is 0 Å². The number of benzene rings is 1. The minimum Gasteiger partial charge on any atom is -0.493 e. The van der Waals surface area contributed by atoms with Gasteiger partial charge in [-0.1, -0.05) is 13.0 Å². The molecule has 0 fully saturated rings. The monoisotopic (exact) mass is 179 g/mol. The van der Waals surface area contributed by atoms with E-state index in [1.54, 1.807) is 14.2 Å². The van der Waals surface area contributed by atoms with Crippen LogP contribution in [-0.4, -0.2) is 14.2 Å². The number of rotatable bonds is 3. The zero-order valence-corrected chi connectivity index (χ0v) is 8.39. The highest BCUT2D eigenvalue weighted by molar-refractivity contribution is 5.51. The molecule has 0 amide bonds. The Morgan fingerprint density at radius 1 is 1.23 bits per heavy atom. The molecule has 2 heteroatoms. The number of ether oxygens (including phenoxy) is 2. The quantitative estimate of drug-likeness (QED) is 0.709. The zero-order valence-electron chi connectivity index (χ0n) is 8.39. The normalized spacial score (nSPS) is 9.85. The van der Waals surface area contributed by atoms with Crippen LogP contribution < -0.4 is 9.47 Å². The second-order valence-electron chi connectivity index (χ2n) is 2.79.